The number of hydrogen-bond donors (Lipinski definition) is 1. The van der Waals surface area contributed by atoms with Crippen molar-refractivity contribution in [2.45, 2.75) is 0 Å². The van der Waals surface area contributed by atoms with Crippen molar-refractivity contribution >= 4 is 46.7 Å². The molecule has 0 aromatic heterocycles. The summed E-state index contributed by atoms with van der Waals surface area (Å²) < 4.78 is 0. The molecular formula is C14H8Cl2N4O5. The maximum atomic E-state index is 11.9. The van der Waals surface area contributed by atoms with Crippen molar-refractivity contribution in [2.75, 3.05) is 0 Å². The fraction of sp³-hybridized carbons (Fsp3) is 0. The number of nitro groups is 2. The molecule has 0 saturated carbocycles. The number of benzene rings is 2. The molecule has 0 radical (unpaired) electrons. The monoisotopic (exact) mass is 382 g/mol. The zero-order valence-corrected chi connectivity index (χ0v) is 13.7. The van der Waals surface area contributed by atoms with Crippen LogP contribution in [0.2, 0.25) is 10.0 Å². The number of rotatable bonds is 5. The standard InChI is InChI=1S/C14H8Cl2N4O5/c15-11-6-12(16)13(20(24)25)5-9(11)7-17-18-14(21)8-2-1-3-10(4-8)19(22)23/h1-7H,(H,18,21)/b17-7+. The van der Waals surface area contributed by atoms with Crippen LogP contribution >= 0.6 is 23.2 Å². The summed E-state index contributed by atoms with van der Waals surface area (Å²) in [5.41, 5.74) is 1.74. The van der Waals surface area contributed by atoms with Crippen molar-refractivity contribution in [1.29, 1.82) is 0 Å². The zero-order chi connectivity index (χ0) is 18.6. The van der Waals surface area contributed by atoms with Crippen molar-refractivity contribution in [3.63, 3.8) is 0 Å². The molecule has 2 aromatic rings. The van der Waals surface area contributed by atoms with Gasteiger partial charge in [-0.25, -0.2) is 5.43 Å². The van der Waals surface area contributed by atoms with Gasteiger partial charge in [-0.3, -0.25) is 25.0 Å². The molecule has 2 aromatic carbocycles. The van der Waals surface area contributed by atoms with Gasteiger partial charge in [-0.05, 0) is 12.1 Å². The molecule has 0 aliphatic carbocycles. The van der Waals surface area contributed by atoms with Crippen LogP contribution in [0.4, 0.5) is 11.4 Å². The Morgan fingerprint density at radius 3 is 2.44 bits per heavy atom. The van der Waals surface area contributed by atoms with E-state index in [1.807, 2.05) is 0 Å². The maximum Gasteiger partial charge on any atom is 0.288 e. The smallest absolute Gasteiger partial charge is 0.267 e. The van der Waals surface area contributed by atoms with Crippen molar-refractivity contribution < 1.29 is 14.6 Å². The van der Waals surface area contributed by atoms with Gasteiger partial charge in [-0.1, -0.05) is 29.3 Å². The molecule has 128 valence electrons. The molecule has 1 amide bonds. The van der Waals surface area contributed by atoms with Gasteiger partial charge in [-0.2, -0.15) is 5.10 Å². The van der Waals surface area contributed by atoms with Crippen LogP contribution in [0.15, 0.2) is 41.5 Å². The highest BCUT2D eigenvalue weighted by atomic mass is 35.5. The van der Waals surface area contributed by atoms with E-state index < -0.39 is 15.8 Å². The molecule has 9 nitrogen and oxygen atoms in total. The Hall–Kier alpha value is -3.04. The van der Waals surface area contributed by atoms with E-state index in [1.54, 1.807) is 0 Å². The van der Waals surface area contributed by atoms with E-state index in [4.69, 9.17) is 23.2 Å². The van der Waals surface area contributed by atoms with Gasteiger partial charge < -0.3 is 0 Å². The molecule has 11 heteroatoms. The number of hydrogen-bond acceptors (Lipinski definition) is 6. The number of halogens is 2. The van der Waals surface area contributed by atoms with Gasteiger partial charge in [0.05, 0.1) is 21.1 Å². The van der Waals surface area contributed by atoms with E-state index in [1.165, 1.54) is 24.3 Å². The van der Waals surface area contributed by atoms with Gasteiger partial charge in [0.15, 0.2) is 0 Å². The van der Waals surface area contributed by atoms with Crippen molar-refractivity contribution in [1.82, 2.24) is 5.43 Å². The van der Waals surface area contributed by atoms with Crippen LogP contribution in [0.1, 0.15) is 15.9 Å². The van der Waals surface area contributed by atoms with Gasteiger partial charge in [0.25, 0.3) is 17.3 Å². The van der Waals surface area contributed by atoms with Crippen LogP contribution in [-0.2, 0) is 0 Å². The third-order valence-corrected chi connectivity index (χ3v) is 3.58. The van der Waals surface area contributed by atoms with E-state index in [0.29, 0.717) is 0 Å². The van der Waals surface area contributed by atoms with Gasteiger partial charge in [-0.15, -0.1) is 0 Å². The van der Waals surface area contributed by atoms with Gasteiger partial charge in [0.2, 0.25) is 0 Å². The van der Waals surface area contributed by atoms with E-state index >= 15 is 0 Å². The molecule has 0 aliphatic rings. The molecule has 0 saturated heterocycles. The number of carbonyl (C=O) groups excluding carboxylic acids is 1. The lowest BCUT2D eigenvalue weighted by Crippen LogP contribution is -2.17. The van der Waals surface area contributed by atoms with E-state index in [-0.39, 0.29) is 32.5 Å². The van der Waals surface area contributed by atoms with Crippen LogP contribution in [0.25, 0.3) is 0 Å². The molecule has 0 unspecified atom stereocenters. The lowest BCUT2D eigenvalue weighted by Gasteiger charge is -2.02. The molecule has 0 atom stereocenters. The summed E-state index contributed by atoms with van der Waals surface area (Å²) in [6.45, 7) is 0. The average Bonchev–Trinajstić information content (AvgIpc) is 2.56. The lowest BCUT2D eigenvalue weighted by molar-refractivity contribution is -0.385. The quantitative estimate of drug-likeness (QED) is 0.480. The van der Waals surface area contributed by atoms with Gasteiger partial charge in [0, 0.05) is 29.3 Å². The maximum absolute atomic E-state index is 11.9. The summed E-state index contributed by atoms with van der Waals surface area (Å²) >= 11 is 11.6. The Balaban J connectivity index is 2.17. The van der Waals surface area contributed by atoms with Crippen molar-refractivity contribution in [3.8, 4) is 0 Å². The first-order chi connectivity index (χ1) is 11.8. The first-order valence-electron chi connectivity index (χ1n) is 6.51. The van der Waals surface area contributed by atoms with Crippen molar-refractivity contribution in [2.24, 2.45) is 5.10 Å². The average molecular weight is 383 g/mol. The second-order valence-corrected chi connectivity index (χ2v) is 5.40. The van der Waals surface area contributed by atoms with Crippen molar-refractivity contribution in [3.05, 3.63) is 77.8 Å². The molecule has 2 rings (SSSR count). The number of hydrazone groups is 1. The first kappa shape index (κ1) is 18.3. The fourth-order valence-corrected chi connectivity index (χ4v) is 2.28. The minimum atomic E-state index is -0.695. The predicted molar refractivity (Wildman–Crippen MR) is 91.3 cm³/mol. The molecule has 25 heavy (non-hydrogen) atoms. The van der Waals surface area contributed by atoms with Crippen LogP contribution in [0.5, 0.6) is 0 Å². The number of amides is 1. The Labute approximate surface area is 150 Å². The van der Waals surface area contributed by atoms with Crippen LogP contribution in [-0.4, -0.2) is 22.0 Å². The third-order valence-electron chi connectivity index (χ3n) is 2.95. The second-order valence-electron chi connectivity index (χ2n) is 4.59. The number of carbonyl (C=O) groups is 1. The lowest BCUT2D eigenvalue weighted by atomic mass is 10.2. The Morgan fingerprint density at radius 2 is 1.80 bits per heavy atom. The summed E-state index contributed by atoms with van der Waals surface area (Å²) in [5.74, 6) is -0.695. The SMILES string of the molecule is O=C(N/N=C/c1cc([N+](=O)[O-])c(Cl)cc1Cl)c1cccc([N+](=O)[O-])c1. The number of nitrogens with zero attached hydrogens (tertiary/aromatic N) is 3. The summed E-state index contributed by atoms with van der Waals surface area (Å²) in [6.07, 6.45) is 1.10. The van der Waals surface area contributed by atoms with Crippen LogP contribution in [0, 0.1) is 20.2 Å². The van der Waals surface area contributed by atoms with E-state index in [0.717, 1.165) is 18.3 Å². The normalized spacial score (nSPS) is 10.6. The first-order valence-corrected chi connectivity index (χ1v) is 7.26. The highest BCUT2D eigenvalue weighted by molar-refractivity contribution is 6.37. The van der Waals surface area contributed by atoms with Crippen LogP contribution in [0.3, 0.4) is 0 Å². The Bertz CT molecular complexity index is 901. The summed E-state index contributed by atoms with van der Waals surface area (Å²) in [7, 11) is 0. The number of non-ortho nitro benzene ring substituents is 1. The van der Waals surface area contributed by atoms with Gasteiger partial charge >= 0.3 is 0 Å². The highest BCUT2D eigenvalue weighted by Gasteiger charge is 2.15. The minimum Gasteiger partial charge on any atom is -0.267 e. The third kappa shape index (κ3) is 4.49. The molecule has 0 aliphatic heterocycles. The Morgan fingerprint density at radius 1 is 1.08 bits per heavy atom. The zero-order valence-electron chi connectivity index (χ0n) is 12.2. The van der Waals surface area contributed by atoms with E-state index in [9.17, 15) is 25.0 Å². The summed E-state index contributed by atoms with van der Waals surface area (Å²) in [4.78, 5) is 32.1. The number of nitrogens with one attached hydrogen (secondary N) is 1. The van der Waals surface area contributed by atoms with Crippen LogP contribution < -0.4 is 5.43 Å². The largest absolute Gasteiger partial charge is 0.288 e. The highest BCUT2D eigenvalue weighted by Crippen LogP contribution is 2.29. The summed E-state index contributed by atoms with van der Waals surface area (Å²) in [5, 5.41) is 25.1. The molecule has 0 heterocycles. The molecular weight excluding hydrogens is 375 g/mol. The fourth-order valence-electron chi connectivity index (χ4n) is 1.78. The summed E-state index contributed by atoms with van der Waals surface area (Å²) in [6, 6.07) is 7.35. The van der Waals surface area contributed by atoms with Gasteiger partial charge in [0.1, 0.15) is 5.02 Å². The number of nitro benzene ring substituents is 2. The molecule has 0 spiro atoms. The molecule has 0 bridgehead atoms. The minimum absolute atomic E-state index is 0.0273. The Kier molecular flexibility index (Phi) is 5.63. The van der Waals surface area contributed by atoms with E-state index in [2.05, 4.69) is 10.5 Å². The topological polar surface area (TPSA) is 128 Å². The predicted octanol–water partition coefficient (Wildman–Crippen LogP) is 3.57. The molecule has 0 fully saturated rings. The molecule has 1 N–H and O–H groups in total. The second kappa shape index (κ2) is 7.69.